The second kappa shape index (κ2) is 6.01. The van der Waals surface area contributed by atoms with E-state index in [1.165, 1.54) is 0 Å². The molecule has 4 aromatic rings. The number of rotatable bonds is 3. The quantitative estimate of drug-likeness (QED) is 0.614. The molecule has 0 spiro atoms. The molecule has 4 heteroatoms. The summed E-state index contributed by atoms with van der Waals surface area (Å²) in [4.78, 5) is 16.8. The van der Waals surface area contributed by atoms with E-state index in [4.69, 9.17) is 0 Å². The summed E-state index contributed by atoms with van der Waals surface area (Å²) in [7, 11) is 0. The van der Waals surface area contributed by atoms with E-state index in [9.17, 15) is 4.79 Å². The molecule has 1 amide bonds. The molecule has 0 radical (unpaired) electrons. The van der Waals surface area contributed by atoms with Crippen LogP contribution in [0.4, 0.5) is 5.69 Å². The van der Waals surface area contributed by atoms with Gasteiger partial charge in [0, 0.05) is 29.2 Å². The maximum atomic E-state index is 12.8. The van der Waals surface area contributed by atoms with Crippen molar-refractivity contribution >= 4 is 22.5 Å². The van der Waals surface area contributed by atoms with Gasteiger partial charge in [-0.25, -0.2) is 0 Å². The number of benzene rings is 2. The third-order valence-corrected chi connectivity index (χ3v) is 3.90. The highest BCUT2D eigenvalue weighted by atomic mass is 16.1. The summed E-state index contributed by atoms with van der Waals surface area (Å²) in [6, 6.07) is 23.3. The second-order valence-electron chi connectivity index (χ2n) is 5.45. The molecule has 0 aliphatic rings. The fraction of sp³-hybridized carbons (Fsp3) is 0. The fourth-order valence-electron chi connectivity index (χ4n) is 2.81. The molecule has 1 N–H and O–H groups in total. The van der Waals surface area contributed by atoms with E-state index in [1.54, 1.807) is 24.5 Å². The van der Waals surface area contributed by atoms with Crippen LogP contribution < -0.4 is 5.32 Å². The molecule has 0 unspecified atom stereocenters. The summed E-state index contributed by atoms with van der Waals surface area (Å²) in [6.45, 7) is 0. The first-order chi connectivity index (χ1) is 11.8. The standard InChI is InChI=1S/C20H15N3O/c24-20(22-16-10-12-21-13-11-16)19-14-15-6-4-5-9-18(15)23(19)17-7-2-1-3-8-17/h1-14H,(H,21,22,24). The monoisotopic (exact) mass is 313 g/mol. The van der Waals surface area contributed by atoms with Gasteiger partial charge in [0.05, 0.1) is 5.52 Å². The Labute approximate surface area is 139 Å². The predicted molar refractivity (Wildman–Crippen MR) is 95.5 cm³/mol. The van der Waals surface area contributed by atoms with Gasteiger partial charge in [-0.05, 0) is 36.4 Å². The highest BCUT2D eigenvalue weighted by Crippen LogP contribution is 2.25. The Hall–Kier alpha value is -3.40. The van der Waals surface area contributed by atoms with Crippen molar-refractivity contribution in [2.45, 2.75) is 0 Å². The lowest BCUT2D eigenvalue weighted by Crippen LogP contribution is -2.16. The molecule has 24 heavy (non-hydrogen) atoms. The highest BCUT2D eigenvalue weighted by Gasteiger charge is 2.16. The van der Waals surface area contributed by atoms with Crippen LogP contribution in [0.1, 0.15) is 10.5 Å². The number of fused-ring (bicyclic) bond motifs is 1. The molecule has 4 nitrogen and oxygen atoms in total. The van der Waals surface area contributed by atoms with Crippen molar-refractivity contribution in [2.75, 3.05) is 5.32 Å². The van der Waals surface area contributed by atoms with Gasteiger partial charge in [0.15, 0.2) is 0 Å². The molecule has 2 heterocycles. The minimum absolute atomic E-state index is 0.152. The number of aromatic nitrogens is 2. The molecule has 116 valence electrons. The van der Waals surface area contributed by atoms with Crippen molar-refractivity contribution in [3.05, 3.63) is 90.9 Å². The molecule has 0 bridgehead atoms. The summed E-state index contributed by atoms with van der Waals surface area (Å²) in [5.41, 5.74) is 3.28. The number of nitrogens with one attached hydrogen (secondary N) is 1. The Bertz CT molecular complexity index is 991. The number of anilines is 1. The number of carbonyl (C=O) groups is 1. The highest BCUT2D eigenvalue weighted by molar-refractivity contribution is 6.07. The second-order valence-corrected chi connectivity index (χ2v) is 5.45. The van der Waals surface area contributed by atoms with Crippen LogP contribution in [0.3, 0.4) is 0 Å². The van der Waals surface area contributed by atoms with Crippen LogP contribution in [0.2, 0.25) is 0 Å². The number of amides is 1. The van der Waals surface area contributed by atoms with Gasteiger partial charge in [0.2, 0.25) is 0 Å². The van der Waals surface area contributed by atoms with Crippen LogP contribution in [0.25, 0.3) is 16.6 Å². The van der Waals surface area contributed by atoms with Crippen molar-refractivity contribution < 1.29 is 4.79 Å². The van der Waals surface area contributed by atoms with Crippen molar-refractivity contribution in [3.63, 3.8) is 0 Å². The first kappa shape index (κ1) is 14.2. The Morgan fingerprint density at radius 1 is 0.875 bits per heavy atom. The van der Waals surface area contributed by atoms with Gasteiger partial charge < -0.3 is 9.88 Å². The SMILES string of the molecule is O=C(Nc1ccncc1)c1cc2ccccc2n1-c1ccccc1. The minimum Gasteiger partial charge on any atom is -0.321 e. The zero-order chi connectivity index (χ0) is 16.4. The lowest BCUT2D eigenvalue weighted by molar-refractivity contribution is 0.102. The molecule has 0 aliphatic heterocycles. The predicted octanol–water partition coefficient (Wildman–Crippen LogP) is 4.28. The lowest BCUT2D eigenvalue weighted by Gasteiger charge is -2.11. The van der Waals surface area contributed by atoms with Crippen LogP contribution >= 0.6 is 0 Å². The first-order valence-electron chi connectivity index (χ1n) is 7.70. The third kappa shape index (κ3) is 2.54. The molecule has 2 aromatic carbocycles. The van der Waals surface area contributed by atoms with E-state index < -0.39 is 0 Å². The van der Waals surface area contributed by atoms with Gasteiger partial charge in [0.1, 0.15) is 5.69 Å². The molecular formula is C20H15N3O. The van der Waals surface area contributed by atoms with Gasteiger partial charge in [0.25, 0.3) is 5.91 Å². The smallest absolute Gasteiger partial charge is 0.272 e. The zero-order valence-electron chi connectivity index (χ0n) is 12.9. The topological polar surface area (TPSA) is 46.9 Å². The number of pyridine rings is 1. The Morgan fingerprint density at radius 3 is 2.38 bits per heavy atom. The maximum Gasteiger partial charge on any atom is 0.272 e. The average molecular weight is 313 g/mol. The van der Waals surface area contributed by atoms with E-state index in [0.29, 0.717) is 5.69 Å². The van der Waals surface area contributed by atoms with Gasteiger partial charge in [-0.1, -0.05) is 36.4 Å². The van der Waals surface area contributed by atoms with Crippen LogP contribution in [-0.2, 0) is 0 Å². The van der Waals surface area contributed by atoms with Crippen LogP contribution in [-0.4, -0.2) is 15.5 Å². The molecular weight excluding hydrogens is 298 g/mol. The third-order valence-electron chi connectivity index (χ3n) is 3.90. The van der Waals surface area contributed by atoms with Crippen molar-refractivity contribution in [2.24, 2.45) is 0 Å². The van der Waals surface area contributed by atoms with Crippen molar-refractivity contribution in [3.8, 4) is 5.69 Å². The van der Waals surface area contributed by atoms with Crippen molar-refractivity contribution in [1.82, 2.24) is 9.55 Å². The van der Waals surface area contributed by atoms with E-state index in [0.717, 1.165) is 22.3 Å². The van der Waals surface area contributed by atoms with Crippen LogP contribution in [0, 0.1) is 0 Å². The fourth-order valence-corrected chi connectivity index (χ4v) is 2.81. The van der Waals surface area contributed by atoms with E-state index in [-0.39, 0.29) is 5.91 Å². The summed E-state index contributed by atoms with van der Waals surface area (Å²) in [5.74, 6) is -0.152. The van der Waals surface area contributed by atoms with Gasteiger partial charge >= 0.3 is 0 Å². The summed E-state index contributed by atoms with van der Waals surface area (Å²) < 4.78 is 1.98. The lowest BCUT2D eigenvalue weighted by atomic mass is 10.2. The summed E-state index contributed by atoms with van der Waals surface area (Å²) in [5, 5.41) is 3.96. The number of nitrogens with zero attached hydrogens (tertiary/aromatic N) is 2. The van der Waals surface area contributed by atoms with Gasteiger partial charge in [-0.15, -0.1) is 0 Å². The van der Waals surface area contributed by atoms with Gasteiger partial charge in [-0.2, -0.15) is 0 Å². The number of hydrogen-bond acceptors (Lipinski definition) is 2. The molecule has 0 aliphatic carbocycles. The van der Waals surface area contributed by atoms with E-state index in [1.807, 2.05) is 65.2 Å². The first-order valence-corrected chi connectivity index (χ1v) is 7.70. The number of para-hydroxylation sites is 2. The molecule has 0 saturated heterocycles. The minimum atomic E-state index is -0.152. The van der Waals surface area contributed by atoms with E-state index >= 15 is 0 Å². The molecule has 0 saturated carbocycles. The molecule has 4 rings (SSSR count). The molecule has 0 fully saturated rings. The summed E-state index contributed by atoms with van der Waals surface area (Å²) >= 11 is 0. The Morgan fingerprint density at radius 2 is 1.58 bits per heavy atom. The van der Waals surface area contributed by atoms with E-state index in [2.05, 4.69) is 10.3 Å². The average Bonchev–Trinajstić information content (AvgIpc) is 3.03. The van der Waals surface area contributed by atoms with Crippen LogP contribution in [0.5, 0.6) is 0 Å². The van der Waals surface area contributed by atoms with Gasteiger partial charge in [-0.3, -0.25) is 9.78 Å². The number of carbonyl (C=O) groups excluding carboxylic acids is 1. The van der Waals surface area contributed by atoms with Crippen molar-refractivity contribution in [1.29, 1.82) is 0 Å². The normalized spacial score (nSPS) is 10.7. The molecule has 2 aromatic heterocycles. The maximum absolute atomic E-state index is 12.8. The van der Waals surface area contributed by atoms with Crippen LogP contribution in [0.15, 0.2) is 85.2 Å². The largest absolute Gasteiger partial charge is 0.321 e. The molecule has 0 atom stereocenters. The number of hydrogen-bond donors (Lipinski definition) is 1. The Balaban J connectivity index is 1.84. The Kier molecular flexibility index (Phi) is 3.56. The summed E-state index contributed by atoms with van der Waals surface area (Å²) in [6.07, 6.45) is 3.31. The zero-order valence-corrected chi connectivity index (χ0v) is 12.9.